The van der Waals surface area contributed by atoms with E-state index in [4.69, 9.17) is 0 Å². The highest BCUT2D eigenvalue weighted by atomic mass is 32.1. The van der Waals surface area contributed by atoms with Crippen LogP contribution in [-0.4, -0.2) is 15.7 Å². The van der Waals surface area contributed by atoms with Crippen molar-refractivity contribution in [3.8, 4) is 10.6 Å². The van der Waals surface area contributed by atoms with Gasteiger partial charge in [-0.25, -0.2) is 4.68 Å². The summed E-state index contributed by atoms with van der Waals surface area (Å²) in [5, 5.41) is 9.27. The van der Waals surface area contributed by atoms with E-state index >= 15 is 0 Å². The number of nitrogens with one attached hydrogen (secondary N) is 1. The number of nitrogens with zero attached hydrogens (tertiary/aromatic N) is 2. The van der Waals surface area contributed by atoms with E-state index in [-0.39, 0.29) is 11.5 Å². The molecule has 1 N–H and O–H groups in total. The maximum atomic E-state index is 12.8. The molecule has 2 aromatic heterocycles. The van der Waals surface area contributed by atoms with Gasteiger partial charge in [-0.05, 0) is 49.9 Å². The van der Waals surface area contributed by atoms with E-state index in [2.05, 4.69) is 10.4 Å². The van der Waals surface area contributed by atoms with E-state index in [0.29, 0.717) is 5.69 Å². The molecule has 1 aromatic carbocycles. The van der Waals surface area contributed by atoms with Crippen molar-refractivity contribution in [2.24, 2.45) is 0 Å². The van der Waals surface area contributed by atoms with Gasteiger partial charge in [-0.2, -0.15) is 5.10 Å². The maximum Gasteiger partial charge on any atom is 0.267 e. The molecule has 0 bridgehead atoms. The van der Waals surface area contributed by atoms with Gasteiger partial charge >= 0.3 is 0 Å². The molecule has 0 unspecified atom stereocenters. The molecule has 1 amide bonds. The van der Waals surface area contributed by atoms with Gasteiger partial charge in [0.05, 0.1) is 4.88 Å². The fourth-order valence-corrected chi connectivity index (χ4v) is 3.14. The van der Waals surface area contributed by atoms with Crippen LogP contribution < -0.4 is 10.9 Å². The Morgan fingerprint density at radius 2 is 1.88 bits per heavy atom. The van der Waals surface area contributed by atoms with E-state index < -0.39 is 5.54 Å². The normalized spacial score (nSPS) is 11.3. The minimum Gasteiger partial charge on any atom is -0.324 e. The second-order valence-electron chi connectivity index (χ2n) is 6.27. The Labute approximate surface area is 150 Å². The van der Waals surface area contributed by atoms with Gasteiger partial charge < -0.3 is 5.32 Å². The molecule has 25 heavy (non-hydrogen) atoms. The van der Waals surface area contributed by atoms with E-state index in [9.17, 15) is 9.59 Å². The van der Waals surface area contributed by atoms with Gasteiger partial charge in [0.1, 0.15) is 11.2 Å². The minimum atomic E-state index is -1.13. The molecule has 3 rings (SSSR count). The highest BCUT2D eigenvalue weighted by Gasteiger charge is 2.32. The first-order valence-corrected chi connectivity index (χ1v) is 8.79. The maximum absolute atomic E-state index is 12.8. The average molecular weight is 353 g/mol. The van der Waals surface area contributed by atoms with Crippen LogP contribution in [0.2, 0.25) is 0 Å². The van der Waals surface area contributed by atoms with Crippen LogP contribution in [-0.2, 0) is 10.3 Å². The van der Waals surface area contributed by atoms with Crippen LogP contribution in [0, 0.1) is 6.92 Å². The first-order chi connectivity index (χ1) is 11.9. The van der Waals surface area contributed by atoms with E-state index in [1.165, 1.54) is 22.1 Å². The number of aryl methyl sites for hydroxylation is 1. The molecule has 5 nitrogen and oxygen atoms in total. The van der Waals surface area contributed by atoms with Gasteiger partial charge in [0.15, 0.2) is 0 Å². The highest BCUT2D eigenvalue weighted by Crippen LogP contribution is 2.23. The van der Waals surface area contributed by atoms with Crippen molar-refractivity contribution in [2.45, 2.75) is 26.3 Å². The quantitative estimate of drug-likeness (QED) is 0.778. The number of anilines is 1. The predicted molar refractivity (Wildman–Crippen MR) is 101 cm³/mol. The highest BCUT2D eigenvalue weighted by molar-refractivity contribution is 7.13. The van der Waals surface area contributed by atoms with Crippen LogP contribution in [0.3, 0.4) is 0 Å². The Morgan fingerprint density at radius 3 is 2.56 bits per heavy atom. The largest absolute Gasteiger partial charge is 0.324 e. The number of carbonyl (C=O) groups is 1. The Bertz CT molecular complexity index is 959. The van der Waals surface area contributed by atoms with Crippen LogP contribution in [0.15, 0.2) is 58.7 Å². The molecule has 0 aliphatic carbocycles. The molecule has 0 atom stereocenters. The minimum absolute atomic E-state index is 0.292. The summed E-state index contributed by atoms with van der Waals surface area (Å²) in [6.45, 7) is 5.30. The summed E-state index contributed by atoms with van der Waals surface area (Å²) in [5.41, 5.74) is 0.908. The first kappa shape index (κ1) is 17.1. The first-order valence-electron chi connectivity index (χ1n) is 7.91. The molecule has 0 saturated heterocycles. The van der Waals surface area contributed by atoms with Gasteiger partial charge in [-0.15, -0.1) is 11.3 Å². The third kappa shape index (κ3) is 3.39. The SMILES string of the molecule is Cc1ccccc1NC(=O)C(C)(C)n1nc(-c2cccs2)ccc1=O. The number of aromatic nitrogens is 2. The van der Waals surface area contributed by atoms with Crippen molar-refractivity contribution in [3.05, 3.63) is 69.8 Å². The third-order valence-corrected chi connectivity index (χ3v) is 4.94. The number of hydrogen-bond acceptors (Lipinski definition) is 4. The predicted octanol–water partition coefficient (Wildman–Crippen LogP) is 3.65. The number of amides is 1. The van der Waals surface area contributed by atoms with E-state index in [1.54, 1.807) is 19.9 Å². The zero-order valence-corrected chi connectivity index (χ0v) is 15.1. The van der Waals surface area contributed by atoms with Crippen molar-refractivity contribution >= 4 is 22.9 Å². The molecule has 0 aliphatic rings. The summed E-state index contributed by atoms with van der Waals surface area (Å²) in [6.07, 6.45) is 0. The van der Waals surface area contributed by atoms with Gasteiger partial charge in [0.2, 0.25) is 0 Å². The molecule has 0 radical (unpaired) electrons. The molecule has 128 valence electrons. The number of para-hydroxylation sites is 1. The van der Waals surface area contributed by atoms with E-state index in [0.717, 1.165) is 16.1 Å². The Balaban J connectivity index is 1.96. The van der Waals surface area contributed by atoms with Gasteiger partial charge in [0, 0.05) is 11.8 Å². The summed E-state index contributed by atoms with van der Waals surface area (Å²) in [6, 6.07) is 14.5. The molecule has 0 fully saturated rings. The lowest BCUT2D eigenvalue weighted by Gasteiger charge is -2.25. The lowest BCUT2D eigenvalue weighted by Crippen LogP contribution is -2.47. The Morgan fingerprint density at radius 1 is 1.12 bits per heavy atom. The fraction of sp³-hybridized carbons (Fsp3) is 0.211. The standard InChI is InChI=1S/C19H19N3O2S/c1-13-7-4-5-8-14(13)20-18(24)19(2,3)22-17(23)11-10-15(21-22)16-9-6-12-25-16/h4-12H,1-3H3,(H,20,24). The molecular weight excluding hydrogens is 334 g/mol. The number of thiophene rings is 1. The van der Waals surface area contributed by atoms with Crippen molar-refractivity contribution in [1.82, 2.24) is 9.78 Å². The van der Waals surface area contributed by atoms with Crippen molar-refractivity contribution in [2.75, 3.05) is 5.32 Å². The van der Waals surface area contributed by atoms with Crippen molar-refractivity contribution in [1.29, 1.82) is 0 Å². The van der Waals surface area contributed by atoms with Crippen LogP contribution in [0.1, 0.15) is 19.4 Å². The zero-order chi connectivity index (χ0) is 18.0. The summed E-state index contributed by atoms with van der Waals surface area (Å²) < 4.78 is 1.25. The smallest absolute Gasteiger partial charge is 0.267 e. The van der Waals surface area contributed by atoms with Crippen molar-refractivity contribution in [3.63, 3.8) is 0 Å². The Kier molecular flexibility index (Phi) is 4.55. The molecule has 0 aliphatic heterocycles. The number of benzene rings is 1. The molecule has 0 spiro atoms. The monoisotopic (exact) mass is 353 g/mol. The molecule has 2 heterocycles. The summed E-state index contributed by atoms with van der Waals surface area (Å²) in [7, 11) is 0. The molecule has 3 aromatic rings. The third-order valence-electron chi connectivity index (χ3n) is 4.05. The Hall–Kier alpha value is -2.73. The van der Waals surface area contributed by atoms with Crippen LogP contribution in [0.25, 0.3) is 10.6 Å². The summed E-state index contributed by atoms with van der Waals surface area (Å²) >= 11 is 1.54. The van der Waals surface area contributed by atoms with Gasteiger partial charge in [0.25, 0.3) is 11.5 Å². The average Bonchev–Trinajstić information content (AvgIpc) is 3.11. The number of rotatable bonds is 4. The molecule has 0 saturated carbocycles. The lowest BCUT2D eigenvalue weighted by atomic mass is 10.0. The van der Waals surface area contributed by atoms with Crippen LogP contribution in [0.5, 0.6) is 0 Å². The summed E-state index contributed by atoms with van der Waals surface area (Å²) in [4.78, 5) is 26.1. The van der Waals surface area contributed by atoms with Crippen molar-refractivity contribution < 1.29 is 4.79 Å². The topological polar surface area (TPSA) is 64.0 Å². The lowest BCUT2D eigenvalue weighted by molar-refractivity contribution is -0.123. The van der Waals surface area contributed by atoms with E-state index in [1.807, 2.05) is 48.7 Å². The number of carbonyl (C=O) groups excluding carboxylic acids is 1. The second-order valence-corrected chi connectivity index (χ2v) is 7.22. The van der Waals surface area contributed by atoms with Gasteiger partial charge in [-0.1, -0.05) is 24.3 Å². The summed E-state index contributed by atoms with van der Waals surface area (Å²) in [5.74, 6) is -0.292. The zero-order valence-electron chi connectivity index (χ0n) is 14.3. The molecule has 6 heteroatoms. The molecular formula is C19H19N3O2S. The fourth-order valence-electron chi connectivity index (χ4n) is 2.45. The number of hydrogen-bond donors (Lipinski definition) is 1. The second kappa shape index (κ2) is 6.64. The van der Waals surface area contributed by atoms with Crippen LogP contribution in [0.4, 0.5) is 5.69 Å². The van der Waals surface area contributed by atoms with Gasteiger partial charge in [-0.3, -0.25) is 9.59 Å². The van der Waals surface area contributed by atoms with Crippen LogP contribution >= 0.6 is 11.3 Å².